The SMILES string of the molecule is C=C(C)CCC1CCCC1CNCCC. The topological polar surface area (TPSA) is 12.0 Å². The molecule has 15 heavy (non-hydrogen) atoms. The molecule has 2 atom stereocenters. The summed E-state index contributed by atoms with van der Waals surface area (Å²) in [5, 5.41) is 3.57. The molecular formula is C14H27N. The zero-order chi connectivity index (χ0) is 11.1. The number of rotatable bonds is 7. The van der Waals surface area contributed by atoms with Crippen LogP contribution in [0.5, 0.6) is 0 Å². The predicted octanol–water partition coefficient (Wildman–Crippen LogP) is 3.76. The third-order valence-corrected chi connectivity index (χ3v) is 3.59. The lowest BCUT2D eigenvalue weighted by atomic mass is 9.90. The van der Waals surface area contributed by atoms with Crippen LogP contribution in [0.3, 0.4) is 0 Å². The molecule has 0 aliphatic heterocycles. The first-order chi connectivity index (χ1) is 7.24. The van der Waals surface area contributed by atoms with E-state index in [1.165, 1.54) is 57.2 Å². The van der Waals surface area contributed by atoms with Crippen molar-refractivity contribution < 1.29 is 0 Å². The first-order valence-corrected chi connectivity index (χ1v) is 6.59. The third kappa shape index (κ3) is 4.83. The second-order valence-corrected chi connectivity index (χ2v) is 5.15. The summed E-state index contributed by atoms with van der Waals surface area (Å²) in [6, 6.07) is 0. The van der Waals surface area contributed by atoms with Gasteiger partial charge in [0.25, 0.3) is 0 Å². The van der Waals surface area contributed by atoms with Gasteiger partial charge in [-0.3, -0.25) is 0 Å². The molecule has 0 aromatic heterocycles. The quantitative estimate of drug-likeness (QED) is 0.497. The van der Waals surface area contributed by atoms with Crippen LogP contribution in [0.1, 0.15) is 52.4 Å². The molecule has 0 amide bonds. The van der Waals surface area contributed by atoms with Gasteiger partial charge in [-0.1, -0.05) is 25.3 Å². The highest BCUT2D eigenvalue weighted by atomic mass is 14.9. The summed E-state index contributed by atoms with van der Waals surface area (Å²) >= 11 is 0. The summed E-state index contributed by atoms with van der Waals surface area (Å²) in [4.78, 5) is 0. The van der Waals surface area contributed by atoms with Gasteiger partial charge in [0, 0.05) is 0 Å². The van der Waals surface area contributed by atoms with Crippen molar-refractivity contribution in [1.82, 2.24) is 5.32 Å². The fourth-order valence-corrected chi connectivity index (χ4v) is 2.66. The predicted molar refractivity (Wildman–Crippen MR) is 68.0 cm³/mol. The number of hydrogen-bond donors (Lipinski definition) is 1. The second kappa shape index (κ2) is 7.05. The number of allylic oxidation sites excluding steroid dienone is 1. The maximum absolute atomic E-state index is 4.00. The van der Waals surface area contributed by atoms with Crippen molar-refractivity contribution in [3.63, 3.8) is 0 Å². The van der Waals surface area contributed by atoms with Crippen LogP contribution < -0.4 is 5.32 Å². The Kier molecular flexibility index (Phi) is 6.00. The van der Waals surface area contributed by atoms with Crippen molar-refractivity contribution in [1.29, 1.82) is 0 Å². The molecule has 0 bridgehead atoms. The maximum atomic E-state index is 4.00. The standard InChI is InChI=1S/C14H27N/c1-4-10-15-11-14-7-5-6-13(14)9-8-12(2)3/h13-15H,2,4-11H2,1,3H3. The van der Waals surface area contributed by atoms with Gasteiger partial charge in [-0.15, -0.1) is 6.58 Å². The average molecular weight is 209 g/mol. The smallest absolute Gasteiger partial charge is 0.00179 e. The monoisotopic (exact) mass is 209 g/mol. The first kappa shape index (κ1) is 12.8. The minimum atomic E-state index is 0.941. The van der Waals surface area contributed by atoms with Gasteiger partial charge in [0.1, 0.15) is 0 Å². The van der Waals surface area contributed by atoms with Gasteiger partial charge in [0.15, 0.2) is 0 Å². The Morgan fingerprint density at radius 1 is 1.33 bits per heavy atom. The molecule has 0 radical (unpaired) electrons. The molecule has 0 heterocycles. The van der Waals surface area contributed by atoms with E-state index in [1.807, 2.05) is 0 Å². The van der Waals surface area contributed by atoms with Gasteiger partial charge >= 0.3 is 0 Å². The molecular weight excluding hydrogens is 182 g/mol. The zero-order valence-corrected chi connectivity index (χ0v) is 10.5. The molecule has 1 fully saturated rings. The van der Waals surface area contributed by atoms with E-state index in [0.717, 1.165) is 11.8 Å². The maximum Gasteiger partial charge on any atom is -0.00179 e. The van der Waals surface area contributed by atoms with Crippen LogP contribution in [0.15, 0.2) is 12.2 Å². The van der Waals surface area contributed by atoms with Crippen LogP contribution in [0, 0.1) is 11.8 Å². The highest BCUT2D eigenvalue weighted by molar-refractivity contribution is 4.90. The molecule has 88 valence electrons. The molecule has 0 spiro atoms. The molecule has 0 aromatic carbocycles. The van der Waals surface area contributed by atoms with E-state index in [1.54, 1.807) is 0 Å². The number of hydrogen-bond acceptors (Lipinski definition) is 1. The van der Waals surface area contributed by atoms with Crippen LogP contribution in [0.4, 0.5) is 0 Å². The minimum Gasteiger partial charge on any atom is -0.316 e. The fraction of sp³-hybridized carbons (Fsp3) is 0.857. The van der Waals surface area contributed by atoms with Gasteiger partial charge < -0.3 is 5.32 Å². The van der Waals surface area contributed by atoms with Crippen LogP contribution in [0.25, 0.3) is 0 Å². The minimum absolute atomic E-state index is 0.941. The summed E-state index contributed by atoms with van der Waals surface area (Å²) in [6.45, 7) is 10.8. The second-order valence-electron chi connectivity index (χ2n) is 5.15. The van der Waals surface area contributed by atoms with Crippen molar-refractivity contribution >= 4 is 0 Å². The van der Waals surface area contributed by atoms with Crippen LogP contribution in [0.2, 0.25) is 0 Å². The van der Waals surface area contributed by atoms with Gasteiger partial charge in [0.2, 0.25) is 0 Å². The van der Waals surface area contributed by atoms with Crippen LogP contribution >= 0.6 is 0 Å². The molecule has 1 N–H and O–H groups in total. The normalized spacial score (nSPS) is 25.7. The van der Waals surface area contributed by atoms with E-state index in [9.17, 15) is 0 Å². The highest BCUT2D eigenvalue weighted by Crippen LogP contribution is 2.35. The highest BCUT2D eigenvalue weighted by Gasteiger charge is 2.25. The molecule has 1 saturated carbocycles. The fourth-order valence-electron chi connectivity index (χ4n) is 2.66. The van der Waals surface area contributed by atoms with E-state index in [0.29, 0.717) is 0 Å². The number of nitrogens with one attached hydrogen (secondary N) is 1. The summed E-state index contributed by atoms with van der Waals surface area (Å²) in [5.74, 6) is 1.90. The van der Waals surface area contributed by atoms with Crippen molar-refractivity contribution in [3.05, 3.63) is 12.2 Å². The van der Waals surface area contributed by atoms with Gasteiger partial charge in [-0.25, -0.2) is 0 Å². The Hall–Kier alpha value is -0.300. The van der Waals surface area contributed by atoms with Crippen molar-refractivity contribution in [2.24, 2.45) is 11.8 Å². The molecule has 0 aromatic rings. The van der Waals surface area contributed by atoms with Crippen molar-refractivity contribution in [3.8, 4) is 0 Å². The van der Waals surface area contributed by atoms with E-state index >= 15 is 0 Å². The Morgan fingerprint density at radius 3 is 2.73 bits per heavy atom. The lowest BCUT2D eigenvalue weighted by Gasteiger charge is -2.20. The van der Waals surface area contributed by atoms with Gasteiger partial charge in [-0.2, -0.15) is 0 Å². The van der Waals surface area contributed by atoms with Gasteiger partial charge in [-0.05, 0) is 57.5 Å². The molecule has 0 saturated heterocycles. The first-order valence-electron chi connectivity index (χ1n) is 6.59. The van der Waals surface area contributed by atoms with E-state index in [-0.39, 0.29) is 0 Å². The Labute approximate surface area is 95.3 Å². The third-order valence-electron chi connectivity index (χ3n) is 3.59. The Morgan fingerprint density at radius 2 is 2.07 bits per heavy atom. The average Bonchev–Trinajstić information content (AvgIpc) is 2.63. The molecule has 1 heteroatoms. The lowest BCUT2D eigenvalue weighted by Crippen LogP contribution is -2.25. The Balaban J connectivity index is 2.20. The van der Waals surface area contributed by atoms with Crippen LogP contribution in [-0.4, -0.2) is 13.1 Å². The molecule has 1 aliphatic carbocycles. The largest absolute Gasteiger partial charge is 0.316 e. The summed E-state index contributed by atoms with van der Waals surface area (Å²) < 4.78 is 0. The zero-order valence-electron chi connectivity index (χ0n) is 10.5. The molecule has 1 nitrogen and oxygen atoms in total. The van der Waals surface area contributed by atoms with E-state index in [2.05, 4.69) is 25.7 Å². The summed E-state index contributed by atoms with van der Waals surface area (Å²) in [7, 11) is 0. The Bertz CT molecular complexity index is 186. The summed E-state index contributed by atoms with van der Waals surface area (Å²) in [6.07, 6.45) is 8.19. The van der Waals surface area contributed by atoms with Crippen LogP contribution in [-0.2, 0) is 0 Å². The van der Waals surface area contributed by atoms with Crippen molar-refractivity contribution in [2.45, 2.75) is 52.4 Å². The molecule has 1 rings (SSSR count). The molecule has 2 unspecified atom stereocenters. The molecule has 1 aliphatic rings. The lowest BCUT2D eigenvalue weighted by molar-refractivity contribution is 0.348. The van der Waals surface area contributed by atoms with Gasteiger partial charge in [0.05, 0.1) is 0 Å². The van der Waals surface area contributed by atoms with E-state index < -0.39 is 0 Å². The summed E-state index contributed by atoms with van der Waals surface area (Å²) in [5.41, 5.74) is 1.35. The van der Waals surface area contributed by atoms with Crippen molar-refractivity contribution in [2.75, 3.05) is 13.1 Å². The van der Waals surface area contributed by atoms with E-state index in [4.69, 9.17) is 0 Å².